The van der Waals surface area contributed by atoms with Crippen LogP contribution in [0.25, 0.3) is 33.3 Å². The molecule has 0 fully saturated rings. The highest BCUT2D eigenvalue weighted by atomic mass is 19.1. The minimum atomic E-state index is -0.664. The first-order valence-corrected chi connectivity index (χ1v) is 10.7. The summed E-state index contributed by atoms with van der Waals surface area (Å²) in [4.78, 5) is 25.9. The molecule has 176 valence electrons. The number of benzene rings is 1. The Morgan fingerprint density at radius 1 is 1.23 bits per heavy atom. The van der Waals surface area contributed by atoms with Crippen molar-refractivity contribution in [1.82, 2.24) is 19.9 Å². The number of anilines is 1. The molecule has 4 rings (SSSR count). The van der Waals surface area contributed by atoms with Crippen molar-refractivity contribution in [3.05, 3.63) is 72.6 Å². The number of ether oxygens (including phenoxy) is 1. The van der Waals surface area contributed by atoms with E-state index in [1.807, 2.05) is 43.4 Å². The average molecular weight is 471 g/mol. The zero-order valence-electron chi connectivity index (χ0n) is 19.5. The number of halogens is 1. The number of carbonyl (C=O) groups excluding carboxylic acids is 1. The number of nitrogens with zero attached hydrogens (tertiary/aromatic N) is 4. The summed E-state index contributed by atoms with van der Waals surface area (Å²) in [6.45, 7) is 0.581. The molecule has 4 aromatic rings. The maximum atomic E-state index is 14.9. The summed E-state index contributed by atoms with van der Waals surface area (Å²) in [7, 11) is 5.13. The number of pyridine rings is 2. The van der Waals surface area contributed by atoms with Gasteiger partial charge in [-0.1, -0.05) is 6.08 Å². The normalized spacial score (nSPS) is 11.2. The van der Waals surface area contributed by atoms with E-state index in [1.165, 1.54) is 13.2 Å². The van der Waals surface area contributed by atoms with E-state index in [1.54, 1.807) is 36.7 Å². The van der Waals surface area contributed by atoms with Crippen LogP contribution >= 0.6 is 0 Å². The second kappa shape index (κ2) is 10.2. The zero-order valence-corrected chi connectivity index (χ0v) is 19.5. The van der Waals surface area contributed by atoms with Crippen LogP contribution < -0.4 is 10.1 Å². The van der Waals surface area contributed by atoms with Gasteiger partial charge in [-0.05, 0) is 55.6 Å². The summed E-state index contributed by atoms with van der Waals surface area (Å²) in [5, 5.41) is 12.6. The third kappa shape index (κ3) is 5.18. The van der Waals surface area contributed by atoms with E-state index in [0.717, 1.165) is 16.5 Å². The molecule has 0 aliphatic heterocycles. The molecule has 3 heterocycles. The number of nitriles is 1. The summed E-state index contributed by atoms with van der Waals surface area (Å²) >= 11 is 0. The fraction of sp³-hybridized carbons (Fsp3) is 0.154. The van der Waals surface area contributed by atoms with Crippen LogP contribution in [-0.4, -0.2) is 53.5 Å². The molecule has 0 atom stereocenters. The fourth-order valence-corrected chi connectivity index (χ4v) is 3.61. The Kier molecular flexibility index (Phi) is 6.85. The average Bonchev–Trinajstić information content (AvgIpc) is 3.28. The van der Waals surface area contributed by atoms with Gasteiger partial charge in [0.1, 0.15) is 17.4 Å². The van der Waals surface area contributed by atoms with Crippen molar-refractivity contribution in [2.24, 2.45) is 0 Å². The van der Waals surface area contributed by atoms with Crippen LogP contribution in [0.5, 0.6) is 5.75 Å². The lowest BCUT2D eigenvalue weighted by Gasteiger charge is -2.12. The third-order valence-corrected chi connectivity index (χ3v) is 5.31. The van der Waals surface area contributed by atoms with E-state index >= 15 is 0 Å². The summed E-state index contributed by atoms with van der Waals surface area (Å²) < 4.78 is 20.1. The Bertz CT molecular complexity index is 1470. The molecule has 8 nitrogen and oxygen atoms in total. The number of methoxy groups -OCH3 is 1. The zero-order chi connectivity index (χ0) is 24.9. The molecular weight excluding hydrogens is 447 g/mol. The standard InChI is InChI=1S/C26H23FN6O2/c1-33(2)8-4-5-24(34)32-22-11-17(12-23(35-3)25(22)27)18-10-20-21(15-31-26(20)30-14-18)16-6-7-29-19(9-16)13-28/h4-7,9-12,14-15H,8H2,1-3H3,(H,30,31)(H,32,34)/b5-4+. The molecular formula is C26H23FN6O2. The van der Waals surface area contributed by atoms with Crippen molar-refractivity contribution < 1.29 is 13.9 Å². The van der Waals surface area contributed by atoms with Crippen LogP contribution in [0.15, 0.2) is 61.1 Å². The molecule has 0 saturated heterocycles. The van der Waals surface area contributed by atoms with Crippen molar-refractivity contribution >= 4 is 22.6 Å². The summed E-state index contributed by atoms with van der Waals surface area (Å²) in [5.74, 6) is -1.11. The summed E-state index contributed by atoms with van der Waals surface area (Å²) in [6.07, 6.45) is 8.11. The van der Waals surface area contributed by atoms with E-state index in [2.05, 4.69) is 20.3 Å². The van der Waals surface area contributed by atoms with E-state index in [9.17, 15) is 14.4 Å². The summed E-state index contributed by atoms with van der Waals surface area (Å²) in [5.41, 5.74) is 3.95. The highest BCUT2D eigenvalue weighted by Crippen LogP contribution is 2.35. The van der Waals surface area contributed by atoms with Gasteiger partial charge in [0.05, 0.1) is 12.8 Å². The molecule has 3 aromatic heterocycles. The highest BCUT2D eigenvalue weighted by Gasteiger charge is 2.16. The molecule has 0 radical (unpaired) electrons. The minimum Gasteiger partial charge on any atom is -0.494 e. The fourth-order valence-electron chi connectivity index (χ4n) is 3.61. The van der Waals surface area contributed by atoms with Crippen LogP contribution in [0.4, 0.5) is 10.1 Å². The number of carbonyl (C=O) groups is 1. The molecule has 0 aliphatic carbocycles. The van der Waals surface area contributed by atoms with Gasteiger partial charge in [-0.25, -0.2) is 14.4 Å². The van der Waals surface area contributed by atoms with Crippen molar-refractivity contribution in [2.75, 3.05) is 33.1 Å². The molecule has 0 unspecified atom stereocenters. The maximum absolute atomic E-state index is 14.9. The lowest BCUT2D eigenvalue weighted by atomic mass is 10.0. The Morgan fingerprint density at radius 2 is 2.06 bits per heavy atom. The largest absolute Gasteiger partial charge is 0.494 e. The minimum absolute atomic E-state index is 0.000961. The molecule has 0 bridgehead atoms. The number of H-pyrrole nitrogens is 1. The van der Waals surface area contributed by atoms with Crippen molar-refractivity contribution in [3.63, 3.8) is 0 Å². The molecule has 0 aliphatic rings. The number of likely N-dealkylation sites (N-methyl/N-ethyl adjacent to an activating group) is 1. The van der Waals surface area contributed by atoms with Crippen LogP contribution in [0.2, 0.25) is 0 Å². The number of aromatic nitrogens is 3. The molecule has 1 aromatic carbocycles. The Balaban J connectivity index is 1.73. The topological polar surface area (TPSA) is 107 Å². The van der Waals surface area contributed by atoms with Crippen molar-refractivity contribution in [2.45, 2.75) is 0 Å². The predicted molar refractivity (Wildman–Crippen MR) is 132 cm³/mol. The SMILES string of the molecule is COc1cc(-c2cnc3[nH]cc(-c4ccnc(C#N)c4)c3c2)cc(NC(=O)/C=C/CN(C)C)c1F. The van der Waals surface area contributed by atoms with Gasteiger partial charge >= 0.3 is 0 Å². The molecule has 0 saturated carbocycles. The monoisotopic (exact) mass is 470 g/mol. The van der Waals surface area contributed by atoms with Crippen LogP contribution in [0, 0.1) is 17.1 Å². The smallest absolute Gasteiger partial charge is 0.248 e. The van der Waals surface area contributed by atoms with Gasteiger partial charge in [-0.15, -0.1) is 0 Å². The van der Waals surface area contributed by atoms with Crippen LogP contribution in [0.3, 0.4) is 0 Å². The van der Waals surface area contributed by atoms with Gasteiger partial charge in [0, 0.05) is 47.7 Å². The van der Waals surface area contributed by atoms with Gasteiger partial charge < -0.3 is 19.9 Å². The molecule has 1 amide bonds. The van der Waals surface area contributed by atoms with Gasteiger partial charge in [0.15, 0.2) is 11.6 Å². The first-order chi connectivity index (χ1) is 16.9. The molecule has 2 N–H and O–H groups in total. The highest BCUT2D eigenvalue weighted by molar-refractivity contribution is 6.00. The Labute approximate surface area is 201 Å². The number of rotatable bonds is 7. The van der Waals surface area contributed by atoms with Crippen LogP contribution in [-0.2, 0) is 4.79 Å². The lowest BCUT2D eigenvalue weighted by Crippen LogP contribution is -2.13. The maximum Gasteiger partial charge on any atom is 0.248 e. The van der Waals surface area contributed by atoms with E-state index in [-0.39, 0.29) is 11.4 Å². The Morgan fingerprint density at radius 3 is 2.80 bits per heavy atom. The first kappa shape index (κ1) is 23.6. The second-order valence-corrected chi connectivity index (χ2v) is 8.06. The second-order valence-electron chi connectivity index (χ2n) is 8.06. The van der Waals surface area contributed by atoms with Gasteiger partial charge in [0.25, 0.3) is 0 Å². The van der Waals surface area contributed by atoms with Crippen molar-refractivity contribution in [3.8, 4) is 34.1 Å². The molecule has 9 heteroatoms. The molecule has 35 heavy (non-hydrogen) atoms. The van der Waals surface area contributed by atoms with E-state index in [4.69, 9.17) is 4.74 Å². The number of amides is 1. The number of nitrogens with one attached hydrogen (secondary N) is 2. The van der Waals surface area contributed by atoms with Gasteiger partial charge in [-0.2, -0.15) is 5.26 Å². The summed E-state index contributed by atoms with van der Waals surface area (Å²) in [6, 6.07) is 10.6. The quantitative estimate of drug-likeness (QED) is 0.389. The molecule has 0 spiro atoms. The number of hydrogen-bond donors (Lipinski definition) is 2. The number of fused-ring (bicyclic) bond motifs is 1. The lowest BCUT2D eigenvalue weighted by molar-refractivity contribution is -0.111. The Hall–Kier alpha value is -4.55. The third-order valence-electron chi connectivity index (χ3n) is 5.31. The first-order valence-electron chi connectivity index (χ1n) is 10.7. The number of hydrogen-bond acceptors (Lipinski definition) is 6. The number of aromatic amines is 1. The van der Waals surface area contributed by atoms with E-state index < -0.39 is 11.7 Å². The van der Waals surface area contributed by atoms with Gasteiger partial charge in [-0.3, -0.25) is 4.79 Å². The predicted octanol–water partition coefficient (Wildman–Crippen LogP) is 4.37. The van der Waals surface area contributed by atoms with Crippen LogP contribution in [0.1, 0.15) is 5.69 Å². The van der Waals surface area contributed by atoms with Gasteiger partial charge in [0.2, 0.25) is 5.91 Å². The van der Waals surface area contributed by atoms with E-state index in [0.29, 0.717) is 29.0 Å². The van der Waals surface area contributed by atoms with Crippen molar-refractivity contribution in [1.29, 1.82) is 5.26 Å².